The summed E-state index contributed by atoms with van der Waals surface area (Å²) in [6.07, 6.45) is -4.86. The number of hydrogen-bond donors (Lipinski definition) is 1. The summed E-state index contributed by atoms with van der Waals surface area (Å²) in [4.78, 5) is 12.3. The first-order valence-electron chi connectivity index (χ1n) is 7.32. The van der Waals surface area contributed by atoms with Gasteiger partial charge < -0.3 is 5.32 Å². The van der Waals surface area contributed by atoms with Gasteiger partial charge in [-0.25, -0.2) is 8.42 Å². The third-order valence-corrected chi connectivity index (χ3v) is 5.55. The molecule has 1 aromatic rings. The average molecular weight is 349 g/mol. The molecule has 8 heteroatoms. The van der Waals surface area contributed by atoms with Crippen molar-refractivity contribution >= 4 is 15.7 Å². The topological polar surface area (TPSA) is 63.2 Å². The molecule has 1 amide bonds. The average Bonchev–Trinajstić information content (AvgIpc) is 2.47. The second kappa shape index (κ2) is 6.90. The van der Waals surface area contributed by atoms with Crippen molar-refractivity contribution in [3.05, 3.63) is 35.4 Å². The van der Waals surface area contributed by atoms with Crippen LogP contribution in [0.3, 0.4) is 0 Å². The van der Waals surface area contributed by atoms with Gasteiger partial charge in [0.1, 0.15) is 9.84 Å². The van der Waals surface area contributed by atoms with Crippen LogP contribution < -0.4 is 5.32 Å². The number of alkyl halides is 3. The number of rotatable bonds is 4. The van der Waals surface area contributed by atoms with E-state index in [1.54, 1.807) is 12.1 Å². The van der Waals surface area contributed by atoms with Crippen LogP contribution in [0.2, 0.25) is 0 Å². The molecule has 128 valence electrons. The van der Waals surface area contributed by atoms with Crippen LogP contribution in [0.4, 0.5) is 13.2 Å². The predicted molar refractivity (Wildman–Crippen MR) is 80.0 cm³/mol. The first-order chi connectivity index (χ1) is 10.7. The number of halogens is 3. The highest BCUT2D eigenvalue weighted by Gasteiger charge is 2.28. The van der Waals surface area contributed by atoms with Crippen LogP contribution in [0, 0.1) is 0 Å². The number of carbonyl (C=O) groups is 1. The minimum absolute atomic E-state index is 0.0215. The van der Waals surface area contributed by atoms with Gasteiger partial charge in [0.15, 0.2) is 0 Å². The SMILES string of the molecule is O=C(NC1CCS(=O)(=O)CC1)c1ccccc1CCC(F)(F)F. The Morgan fingerprint density at radius 2 is 1.78 bits per heavy atom. The highest BCUT2D eigenvalue weighted by atomic mass is 32.2. The van der Waals surface area contributed by atoms with Gasteiger partial charge in [0.25, 0.3) is 5.91 Å². The maximum Gasteiger partial charge on any atom is 0.389 e. The standard InChI is InChI=1S/C15H18F3NO3S/c16-15(17,18)8-5-11-3-1-2-4-13(11)14(20)19-12-6-9-23(21,22)10-7-12/h1-4,12H,5-10H2,(H,19,20). The fourth-order valence-electron chi connectivity index (χ4n) is 2.53. The molecular formula is C15H18F3NO3S. The van der Waals surface area contributed by atoms with Gasteiger partial charge in [0.05, 0.1) is 11.5 Å². The lowest BCUT2D eigenvalue weighted by Gasteiger charge is -2.23. The molecule has 0 aromatic heterocycles. The molecule has 0 radical (unpaired) electrons. The summed E-state index contributed by atoms with van der Waals surface area (Å²) in [5, 5.41) is 2.73. The normalized spacial score (nSPS) is 18.6. The van der Waals surface area contributed by atoms with Crippen LogP contribution in [0.25, 0.3) is 0 Å². The molecule has 1 aromatic carbocycles. The molecule has 0 saturated carbocycles. The van der Waals surface area contributed by atoms with Crippen molar-refractivity contribution < 1.29 is 26.4 Å². The van der Waals surface area contributed by atoms with E-state index in [1.165, 1.54) is 12.1 Å². The van der Waals surface area contributed by atoms with Crippen molar-refractivity contribution in [2.75, 3.05) is 11.5 Å². The van der Waals surface area contributed by atoms with Crippen LogP contribution in [0.5, 0.6) is 0 Å². The number of aryl methyl sites for hydroxylation is 1. The van der Waals surface area contributed by atoms with E-state index in [-0.39, 0.29) is 29.5 Å². The van der Waals surface area contributed by atoms with E-state index in [0.717, 1.165) is 0 Å². The molecule has 1 heterocycles. The van der Waals surface area contributed by atoms with E-state index in [0.29, 0.717) is 18.4 Å². The van der Waals surface area contributed by atoms with Crippen molar-refractivity contribution in [1.29, 1.82) is 0 Å². The predicted octanol–water partition coefficient (Wildman–Crippen LogP) is 2.49. The summed E-state index contributed by atoms with van der Waals surface area (Å²) in [6, 6.07) is 5.92. The van der Waals surface area contributed by atoms with Crippen LogP contribution in [-0.4, -0.2) is 38.0 Å². The lowest BCUT2D eigenvalue weighted by Crippen LogP contribution is -2.41. The Hall–Kier alpha value is -1.57. The Morgan fingerprint density at radius 1 is 1.17 bits per heavy atom. The van der Waals surface area contributed by atoms with Crippen molar-refractivity contribution in [2.45, 2.75) is 37.9 Å². The number of carbonyl (C=O) groups excluding carboxylic acids is 1. The Bertz CT molecular complexity index is 657. The van der Waals surface area contributed by atoms with Crippen molar-refractivity contribution in [3.8, 4) is 0 Å². The fourth-order valence-corrected chi connectivity index (χ4v) is 4.03. The van der Waals surface area contributed by atoms with E-state index < -0.39 is 28.3 Å². The second-order valence-corrected chi connectivity index (χ2v) is 7.98. The maximum atomic E-state index is 12.4. The lowest BCUT2D eigenvalue weighted by molar-refractivity contribution is -0.134. The third-order valence-electron chi connectivity index (χ3n) is 3.83. The summed E-state index contributed by atoms with van der Waals surface area (Å²) in [5.74, 6) is -0.409. The first kappa shape index (κ1) is 17.8. The molecule has 0 bridgehead atoms. The minimum atomic E-state index is -4.28. The number of nitrogens with one attached hydrogen (secondary N) is 1. The molecule has 0 atom stereocenters. The molecule has 23 heavy (non-hydrogen) atoms. The summed E-state index contributed by atoms with van der Waals surface area (Å²) in [7, 11) is -3.03. The molecule has 0 aliphatic carbocycles. The van der Waals surface area contributed by atoms with E-state index in [9.17, 15) is 26.4 Å². The zero-order valence-corrected chi connectivity index (χ0v) is 13.2. The number of benzene rings is 1. The van der Waals surface area contributed by atoms with E-state index >= 15 is 0 Å². The molecule has 1 saturated heterocycles. The van der Waals surface area contributed by atoms with Crippen LogP contribution >= 0.6 is 0 Å². The van der Waals surface area contributed by atoms with Crippen molar-refractivity contribution in [2.24, 2.45) is 0 Å². The maximum absolute atomic E-state index is 12.4. The number of amides is 1. The van der Waals surface area contributed by atoms with Gasteiger partial charge in [-0.15, -0.1) is 0 Å². The third kappa shape index (κ3) is 5.53. The largest absolute Gasteiger partial charge is 0.389 e. The van der Waals surface area contributed by atoms with E-state index in [2.05, 4.69) is 5.32 Å². The fraction of sp³-hybridized carbons (Fsp3) is 0.533. The highest BCUT2D eigenvalue weighted by molar-refractivity contribution is 7.91. The highest BCUT2D eigenvalue weighted by Crippen LogP contribution is 2.23. The first-order valence-corrected chi connectivity index (χ1v) is 9.14. The minimum Gasteiger partial charge on any atom is -0.349 e. The Balaban J connectivity index is 2.02. The lowest BCUT2D eigenvalue weighted by atomic mass is 10.0. The van der Waals surface area contributed by atoms with Gasteiger partial charge in [0, 0.05) is 18.0 Å². The Kier molecular flexibility index (Phi) is 5.33. The van der Waals surface area contributed by atoms with Gasteiger partial charge in [-0.05, 0) is 30.9 Å². The number of hydrogen-bond acceptors (Lipinski definition) is 3. The molecule has 1 aliphatic heterocycles. The van der Waals surface area contributed by atoms with Crippen LogP contribution in [0.15, 0.2) is 24.3 Å². The summed E-state index contributed by atoms with van der Waals surface area (Å²) < 4.78 is 59.8. The molecule has 1 aliphatic rings. The molecule has 2 rings (SSSR count). The quantitative estimate of drug-likeness (QED) is 0.908. The van der Waals surface area contributed by atoms with Crippen LogP contribution in [-0.2, 0) is 16.3 Å². The van der Waals surface area contributed by atoms with Gasteiger partial charge in [-0.2, -0.15) is 13.2 Å². The zero-order chi connectivity index (χ0) is 17.1. The zero-order valence-electron chi connectivity index (χ0n) is 12.4. The summed E-state index contributed by atoms with van der Waals surface area (Å²) in [5.41, 5.74) is 0.552. The summed E-state index contributed by atoms with van der Waals surface area (Å²) >= 11 is 0. The number of sulfone groups is 1. The molecule has 1 fully saturated rings. The Morgan fingerprint density at radius 3 is 2.39 bits per heavy atom. The second-order valence-electron chi connectivity index (χ2n) is 5.67. The summed E-state index contributed by atoms with van der Waals surface area (Å²) in [6.45, 7) is 0. The van der Waals surface area contributed by atoms with Gasteiger partial charge in [0.2, 0.25) is 0 Å². The van der Waals surface area contributed by atoms with Gasteiger partial charge in [-0.1, -0.05) is 18.2 Å². The molecule has 0 spiro atoms. The Labute approximate surface area is 133 Å². The smallest absolute Gasteiger partial charge is 0.349 e. The molecule has 0 unspecified atom stereocenters. The monoisotopic (exact) mass is 349 g/mol. The van der Waals surface area contributed by atoms with Crippen molar-refractivity contribution in [3.63, 3.8) is 0 Å². The van der Waals surface area contributed by atoms with Crippen LogP contribution in [0.1, 0.15) is 35.2 Å². The van der Waals surface area contributed by atoms with E-state index in [1.807, 2.05) is 0 Å². The van der Waals surface area contributed by atoms with Crippen molar-refractivity contribution in [1.82, 2.24) is 5.32 Å². The van der Waals surface area contributed by atoms with E-state index in [4.69, 9.17) is 0 Å². The molecule has 1 N–H and O–H groups in total. The molecule has 4 nitrogen and oxygen atoms in total. The van der Waals surface area contributed by atoms with Gasteiger partial charge >= 0.3 is 6.18 Å². The van der Waals surface area contributed by atoms with Gasteiger partial charge in [-0.3, -0.25) is 4.79 Å². The molecular weight excluding hydrogens is 331 g/mol.